The summed E-state index contributed by atoms with van der Waals surface area (Å²) in [5.74, 6) is -0.0309. The second kappa shape index (κ2) is 74.3. The molecule has 1 amide bonds. The number of aliphatic hydroxyl groups excluding tert-OH is 2. The molecule has 3 N–H and O–H groups in total. The maximum Gasteiger partial charge on any atom is 0.220 e. The summed E-state index contributed by atoms with van der Waals surface area (Å²) in [6.07, 6.45) is 112. The van der Waals surface area contributed by atoms with Crippen LogP contribution in [0.3, 0.4) is 0 Å². The molecule has 486 valence electrons. The first kappa shape index (κ1) is 81.0. The minimum atomic E-state index is -0.668. The van der Waals surface area contributed by atoms with Crippen LogP contribution in [0.1, 0.15) is 373 Å². The molecule has 0 fully saturated rings. The highest BCUT2D eigenvalue weighted by Crippen LogP contribution is 2.19. The predicted molar refractivity (Wildman–Crippen MR) is 377 cm³/mol. The Bertz CT molecular complexity index is 1560. The zero-order valence-corrected chi connectivity index (χ0v) is 56.2. The van der Waals surface area contributed by atoms with Gasteiger partial charge in [0.2, 0.25) is 5.91 Å². The number of carbonyl (C=O) groups is 1. The van der Waals surface area contributed by atoms with Crippen molar-refractivity contribution in [3.8, 4) is 0 Å². The quantitative estimate of drug-likeness (QED) is 0.0420. The lowest BCUT2D eigenvalue weighted by atomic mass is 10.0. The smallest absolute Gasteiger partial charge is 0.220 e. The molecule has 2 unspecified atom stereocenters. The lowest BCUT2D eigenvalue weighted by molar-refractivity contribution is -0.123. The number of amides is 1. The second-order valence-electron chi connectivity index (χ2n) is 25.0. The number of hydrogen-bond acceptors (Lipinski definition) is 3. The Morgan fingerprint density at radius 3 is 0.786 bits per heavy atom. The molecule has 0 saturated carbocycles. The highest BCUT2D eigenvalue weighted by Gasteiger charge is 2.20. The average Bonchev–Trinajstić information content (AvgIpc) is 3.51. The van der Waals surface area contributed by atoms with Crippen LogP contribution < -0.4 is 5.32 Å². The normalized spacial score (nSPS) is 13.3. The van der Waals surface area contributed by atoms with Crippen molar-refractivity contribution >= 4 is 5.91 Å². The third-order valence-corrected chi connectivity index (χ3v) is 16.8. The van der Waals surface area contributed by atoms with Gasteiger partial charge in [0.15, 0.2) is 0 Å². The average molecular weight is 1170 g/mol. The summed E-state index contributed by atoms with van der Waals surface area (Å²) in [4.78, 5) is 12.6. The van der Waals surface area contributed by atoms with Crippen molar-refractivity contribution in [3.05, 3.63) is 109 Å². The van der Waals surface area contributed by atoms with E-state index in [1.54, 1.807) is 0 Å². The minimum Gasteiger partial charge on any atom is -0.394 e. The van der Waals surface area contributed by atoms with E-state index in [4.69, 9.17) is 0 Å². The van der Waals surface area contributed by atoms with Crippen LogP contribution in [0.25, 0.3) is 0 Å². The highest BCUT2D eigenvalue weighted by atomic mass is 16.3. The first-order valence-corrected chi connectivity index (χ1v) is 37.1. The van der Waals surface area contributed by atoms with E-state index in [9.17, 15) is 15.0 Å². The molecule has 4 nitrogen and oxygen atoms in total. The van der Waals surface area contributed by atoms with E-state index in [1.807, 2.05) is 0 Å². The SMILES string of the molecule is CC/C=C\C/C=C\C/C=C\C/C=C\C/C=C\C/C=C\C/C=C\C/C=C\C/C=C\CCCCCCCCCCCCCCCC(=O)NC(CO)C(O)CCCCCCCCCCCCCCCCCCCCCCCCCCCCCCCCC. The maximum absolute atomic E-state index is 12.6. The third-order valence-electron chi connectivity index (χ3n) is 16.8. The van der Waals surface area contributed by atoms with Crippen LogP contribution in [0.5, 0.6) is 0 Å². The monoisotopic (exact) mass is 1170 g/mol. The summed E-state index contributed by atoms with van der Waals surface area (Å²) in [5, 5.41) is 23.5. The molecule has 0 saturated heterocycles. The zero-order valence-electron chi connectivity index (χ0n) is 56.2. The van der Waals surface area contributed by atoms with Crippen LogP contribution in [0, 0.1) is 0 Å². The zero-order chi connectivity index (χ0) is 60.5. The van der Waals surface area contributed by atoms with Gasteiger partial charge in [-0.25, -0.2) is 0 Å². The molecule has 2 atom stereocenters. The van der Waals surface area contributed by atoms with Crippen molar-refractivity contribution in [3.63, 3.8) is 0 Å². The molecule has 84 heavy (non-hydrogen) atoms. The van der Waals surface area contributed by atoms with Gasteiger partial charge >= 0.3 is 0 Å². The summed E-state index contributed by atoms with van der Waals surface area (Å²) in [6, 6.07) is -0.545. The van der Waals surface area contributed by atoms with Crippen molar-refractivity contribution in [2.45, 2.75) is 386 Å². The van der Waals surface area contributed by atoms with Crippen LogP contribution in [0.4, 0.5) is 0 Å². The van der Waals surface area contributed by atoms with E-state index in [1.165, 1.54) is 263 Å². The second-order valence-corrected chi connectivity index (χ2v) is 25.0. The molecule has 0 aliphatic heterocycles. The van der Waals surface area contributed by atoms with Crippen LogP contribution in [-0.4, -0.2) is 34.9 Å². The third kappa shape index (κ3) is 69.8. The van der Waals surface area contributed by atoms with Gasteiger partial charge in [-0.1, -0.05) is 393 Å². The van der Waals surface area contributed by atoms with Gasteiger partial charge in [0, 0.05) is 6.42 Å². The molecule has 0 aliphatic carbocycles. The Labute approximate surface area is 525 Å². The lowest BCUT2D eigenvalue weighted by Crippen LogP contribution is -2.45. The van der Waals surface area contributed by atoms with Gasteiger partial charge in [-0.05, 0) is 83.5 Å². The van der Waals surface area contributed by atoms with Crippen molar-refractivity contribution in [1.29, 1.82) is 0 Å². The van der Waals surface area contributed by atoms with Gasteiger partial charge < -0.3 is 15.5 Å². The van der Waals surface area contributed by atoms with Crippen LogP contribution in [-0.2, 0) is 4.79 Å². The number of rotatable bonds is 68. The van der Waals surface area contributed by atoms with E-state index in [-0.39, 0.29) is 12.5 Å². The van der Waals surface area contributed by atoms with Gasteiger partial charge in [-0.15, -0.1) is 0 Å². The van der Waals surface area contributed by atoms with Crippen molar-refractivity contribution in [2.75, 3.05) is 6.61 Å². The van der Waals surface area contributed by atoms with Crippen LogP contribution in [0.15, 0.2) is 109 Å². The standard InChI is InChI=1S/C80H143NO3/c1-3-5-7-9-11-13-15-17-19-21-23-25-27-29-31-33-35-36-37-38-39-40-41-42-43-44-46-48-50-52-54-56-58-60-62-64-66-68-70-72-74-76-80(84)81-78(77-82)79(83)75-73-71-69-67-65-63-61-59-57-55-53-51-49-47-45-34-32-30-28-26-24-22-20-18-16-14-12-10-8-6-4-2/h5,7,11,13,17,19,23,25,29,31,35-36,38-39,41-42,44,46,78-79,82-83H,3-4,6,8-10,12,14-16,18,20-22,24,26-28,30,32-34,37,40,43,45,47-77H2,1-2H3,(H,81,84)/b7-5-,13-11-,19-17-,25-23-,31-29-,36-35-,39-38-,42-41-,46-44-. The fourth-order valence-corrected chi connectivity index (χ4v) is 11.2. The number of aliphatic hydroxyl groups is 2. The minimum absolute atomic E-state index is 0.0309. The molecule has 0 spiro atoms. The predicted octanol–water partition coefficient (Wildman–Crippen LogP) is 25.7. The summed E-state index contributed by atoms with van der Waals surface area (Å²) in [7, 11) is 0. The molecule has 0 aliphatic rings. The fourth-order valence-electron chi connectivity index (χ4n) is 11.2. The first-order valence-electron chi connectivity index (χ1n) is 37.1. The van der Waals surface area contributed by atoms with E-state index in [0.29, 0.717) is 12.8 Å². The van der Waals surface area contributed by atoms with Gasteiger partial charge in [0.05, 0.1) is 18.8 Å². The Morgan fingerprint density at radius 1 is 0.298 bits per heavy atom. The number of nitrogens with one attached hydrogen (secondary N) is 1. The number of carbonyl (C=O) groups excluding carboxylic acids is 1. The number of unbranched alkanes of at least 4 members (excludes halogenated alkanes) is 43. The Morgan fingerprint density at radius 2 is 0.524 bits per heavy atom. The van der Waals surface area contributed by atoms with Crippen LogP contribution >= 0.6 is 0 Å². The van der Waals surface area contributed by atoms with Gasteiger partial charge in [-0.2, -0.15) is 0 Å². The summed E-state index contributed by atoms with van der Waals surface area (Å²) in [6.45, 7) is 4.27. The highest BCUT2D eigenvalue weighted by molar-refractivity contribution is 5.76. The molecule has 0 aromatic carbocycles. The van der Waals surface area contributed by atoms with Crippen LogP contribution in [0.2, 0.25) is 0 Å². The fraction of sp³-hybridized carbons (Fsp3) is 0.762. The molecule has 0 heterocycles. The lowest BCUT2D eigenvalue weighted by Gasteiger charge is -2.22. The molecular formula is C80H143NO3. The van der Waals surface area contributed by atoms with E-state index in [2.05, 4.69) is 129 Å². The van der Waals surface area contributed by atoms with Crippen molar-refractivity contribution < 1.29 is 15.0 Å². The molecule has 0 aromatic heterocycles. The maximum atomic E-state index is 12.6. The first-order chi connectivity index (χ1) is 41.7. The topological polar surface area (TPSA) is 69.6 Å². The largest absolute Gasteiger partial charge is 0.394 e. The number of hydrogen-bond donors (Lipinski definition) is 3. The summed E-state index contributed by atoms with van der Waals surface area (Å²) >= 11 is 0. The summed E-state index contributed by atoms with van der Waals surface area (Å²) in [5.41, 5.74) is 0. The van der Waals surface area contributed by atoms with Gasteiger partial charge in [0.1, 0.15) is 0 Å². The molecule has 4 heteroatoms. The van der Waals surface area contributed by atoms with Crippen molar-refractivity contribution in [2.24, 2.45) is 0 Å². The molecular weight excluding hydrogens is 1020 g/mol. The van der Waals surface area contributed by atoms with E-state index >= 15 is 0 Å². The molecule has 0 bridgehead atoms. The Hall–Kier alpha value is -2.95. The summed E-state index contributed by atoms with van der Waals surface area (Å²) < 4.78 is 0. The van der Waals surface area contributed by atoms with Gasteiger partial charge in [-0.3, -0.25) is 4.79 Å². The number of allylic oxidation sites excluding steroid dienone is 18. The molecule has 0 radical (unpaired) electrons. The van der Waals surface area contributed by atoms with Gasteiger partial charge in [0.25, 0.3) is 0 Å². The van der Waals surface area contributed by atoms with E-state index in [0.717, 1.165) is 83.5 Å². The molecule has 0 rings (SSSR count). The van der Waals surface area contributed by atoms with Crippen molar-refractivity contribution in [1.82, 2.24) is 5.32 Å². The Balaban J connectivity index is 3.48. The van der Waals surface area contributed by atoms with E-state index < -0.39 is 12.1 Å². The Kier molecular flexibility index (Phi) is 71.7. The molecule has 0 aromatic rings.